The van der Waals surface area contributed by atoms with Crippen LogP contribution in [-0.2, 0) is 13.2 Å². The number of aliphatic hydroxyl groups is 1. The van der Waals surface area contributed by atoms with Gasteiger partial charge in [0, 0.05) is 12.1 Å². The molecule has 6 heteroatoms. The highest BCUT2D eigenvalue weighted by molar-refractivity contribution is 5.39. The third-order valence-electron chi connectivity index (χ3n) is 1.93. The molecule has 1 heterocycles. The first-order valence-corrected chi connectivity index (χ1v) is 4.29. The average molecular weight is 218 g/mol. The normalized spacial score (nSPS) is 10.8. The number of aliphatic hydroxyl groups excluding tert-OH is 1. The standard InChI is InChI=1S/C9H12F2N2O2/c1-15-8-5(4-14)2-6(9(10)11)13-7(8)3-12/h2,9,14H,3-4,12H2,1H3. The minimum Gasteiger partial charge on any atom is -0.494 e. The monoisotopic (exact) mass is 218 g/mol. The summed E-state index contributed by atoms with van der Waals surface area (Å²) in [6.07, 6.45) is -2.69. The zero-order valence-electron chi connectivity index (χ0n) is 8.20. The number of aromatic nitrogens is 1. The van der Waals surface area contributed by atoms with E-state index in [1.807, 2.05) is 0 Å². The smallest absolute Gasteiger partial charge is 0.280 e. The highest BCUT2D eigenvalue weighted by Gasteiger charge is 2.16. The number of alkyl halides is 2. The van der Waals surface area contributed by atoms with E-state index in [0.29, 0.717) is 0 Å². The molecule has 0 aromatic carbocycles. The van der Waals surface area contributed by atoms with Crippen LogP contribution in [0.25, 0.3) is 0 Å². The van der Waals surface area contributed by atoms with Gasteiger partial charge in [-0.2, -0.15) is 0 Å². The first-order chi connectivity index (χ1) is 7.13. The minimum atomic E-state index is -2.69. The number of ether oxygens (including phenoxy) is 1. The summed E-state index contributed by atoms with van der Waals surface area (Å²) >= 11 is 0. The van der Waals surface area contributed by atoms with Crippen molar-refractivity contribution in [3.63, 3.8) is 0 Å². The van der Waals surface area contributed by atoms with Crippen LogP contribution >= 0.6 is 0 Å². The highest BCUT2D eigenvalue weighted by atomic mass is 19.3. The first-order valence-electron chi connectivity index (χ1n) is 4.29. The van der Waals surface area contributed by atoms with Gasteiger partial charge in [0.05, 0.1) is 19.4 Å². The van der Waals surface area contributed by atoms with Crippen molar-refractivity contribution in [3.05, 3.63) is 23.0 Å². The summed E-state index contributed by atoms with van der Waals surface area (Å²) in [4.78, 5) is 3.66. The number of nitrogens with zero attached hydrogens (tertiary/aromatic N) is 1. The predicted molar refractivity (Wildman–Crippen MR) is 49.6 cm³/mol. The molecule has 0 amide bonds. The van der Waals surface area contributed by atoms with Crippen molar-refractivity contribution in [3.8, 4) is 5.75 Å². The second kappa shape index (κ2) is 4.99. The Hall–Kier alpha value is -1.27. The van der Waals surface area contributed by atoms with Gasteiger partial charge in [-0.1, -0.05) is 0 Å². The van der Waals surface area contributed by atoms with E-state index in [-0.39, 0.29) is 23.6 Å². The molecular weight excluding hydrogens is 206 g/mol. The number of hydrogen-bond acceptors (Lipinski definition) is 4. The fourth-order valence-electron chi connectivity index (χ4n) is 1.28. The number of nitrogens with two attached hydrogens (primary N) is 1. The Kier molecular flexibility index (Phi) is 3.93. The third kappa shape index (κ3) is 2.40. The predicted octanol–water partition coefficient (Wildman–Crippen LogP) is 0.979. The summed E-state index contributed by atoms with van der Waals surface area (Å²) < 4.78 is 29.8. The Morgan fingerprint density at radius 3 is 2.67 bits per heavy atom. The summed E-state index contributed by atoms with van der Waals surface area (Å²) in [6, 6.07) is 1.11. The van der Waals surface area contributed by atoms with Gasteiger partial charge in [0.15, 0.2) is 0 Å². The van der Waals surface area contributed by atoms with Gasteiger partial charge in [-0.3, -0.25) is 0 Å². The lowest BCUT2D eigenvalue weighted by atomic mass is 10.1. The summed E-state index contributed by atoms with van der Waals surface area (Å²) in [6.45, 7) is -0.408. The number of halogens is 2. The molecule has 3 N–H and O–H groups in total. The number of pyridine rings is 1. The van der Waals surface area contributed by atoms with Crippen LogP contribution in [0.2, 0.25) is 0 Å². The van der Waals surface area contributed by atoms with Crippen LogP contribution in [0.1, 0.15) is 23.4 Å². The molecule has 0 radical (unpaired) electrons. The van der Waals surface area contributed by atoms with Crippen molar-refractivity contribution in [2.24, 2.45) is 5.73 Å². The first kappa shape index (κ1) is 11.8. The molecule has 4 nitrogen and oxygen atoms in total. The van der Waals surface area contributed by atoms with Gasteiger partial charge in [0.25, 0.3) is 6.43 Å². The molecule has 1 aromatic rings. The quantitative estimate of drug-likeness (QED) is 0.790. The van der Waals surface area contributed by atoms with Crippen LogP contribution in [0.15, 0.2) is 6.07 Å². The molecule has 84 valence electrons. The van der Waals surface area contributed by atoms with E-state index in [1.54, 1.807) is 0 Å². The van der Waals surface area contributed by atoms with Crippen molar-refractivity contribution in [1.82, 2.24) is 4.98 Å². The average Bonchev–Trinajstić information content (AvgIpc) is 2.26. The molecule has 1 aromatic heterocycles. The van der Waals surface area contributed by atoms with E-state index < -0.39 is 18.7 Å². The van der Waals surface area contributed by atoms with Gasteiger partial charge in [-0.25, -0.2) is 13.8 Å². The molecule has 0 aliphatic heterocycles. The largest absolute Gasteiger partial charge is 0.494 e. The van der Waals surface area contributed by atoms with Gasteiger partial charge < -0.3 is 15.6 Å². The number of methoxy groups -OCH3 is 1. The maximum absolute atomic E-state index is 12.4. The lowest BCUT2D eigenvalue weighted by Gasteiger charge is -2.12. The molecule has 0 unspecified atom stereocenters. The molecule has 0 saturated carbocycles. The van der Waals surface area contributed by atoms with Gasteiger partial charge >= 0.3 is 0 Å². The van der Waals surface area contributed by atoms with Crippen molar-refractivity contribution in [2.45, 2.75) is 19.6 Å². The van der Waals surface area contributed by atoms with Gasteiger partial charge in [-0.15, -0.1) is 0 Å². The van der Waals surface area contributed by atoms with Crippen molar-refractivity contribution < 1.29 is 18.6 Å². The minimum absolute atomic E-state index is 0.0171. The Morgan fingerprint density at radius 1 is 1.60 bits per heavy atom. The van der Waals surface area contributed by atoms with Crippen LogP contribution in [0, 0.1) is 0 Å². The van der Waals surface area contributed by atoms with Crippen LogP contribution in [0.3, 0.4) is 0 Å². The van der Waals surface area contributed by atoms with E-state index in [9.17, 15) is 8.78 Å². The van der Waals surface area contributed by atoms with Crippen molar-refractivity contribution in [1.29, 1.82) is 0 Å². The Bertz CT molecular complexity index is 320. The molecule has 0 fully saturated rings. The molecule has 0 atom stereocenters. The zero-order chi connectivity index (χ0) is 11.4. The van der Waals surface area contributed by atoms with Crippen molar-refractivity contribution in [2.75, 3.05) is 7.11 Å². The summed E-state index contributed by atoms with van der Waals surface area (Å²) in [5.41, 5.74) is 5.44. The second-order valence-corrected chi connectivity index (χ2v) is 2.85. The van der Waals surface area contributed by atoms with Crippen molar-refractivity contribution >= 4 is 0 Å². The van der Waals surface area contributed by atoms with Crippen LogP contribution in [-0.4, -0.2) is 17.2 Å². The number of hydrogen-bond donors (Lipinski definition) is 2. The fraction of sp³-hybridized carbons (Fsp3) is 0.444. The summed E-state index contributed by atoms with van der Waals surface area (Å²) in [7, 11) is 1.37. The molecule has 0 spiro atoms. The molecular formula is C9H12F2N2O2. The van der Waals surface area contributed by atoms with E-state index in [2.05, 4.69) is 4.98 Å². The summed E-state index contributed by atoms with van der Waals surface area (Å²) in [5.74, 6) is 0.268. The second-order valence-electron chi connectivity index (χ2n) is 2.85. The Labute approximate surface area is 85.7 Å². The van der Waals surface area contributed by atoms with E-state index in [1.165, 1.54) is 7.11 Å². The Balaban J connectivity index is 3.29. The molecule has 15 heavy (non-hydrogen) atoms. The lowest BCUT2D eigenvalue weighted by molar-refractivity contribution is 0.145. The SMILES string of the molecule is COc1c(CO)cc(C(F)F)nc1CN. The maximum Gasteiger partial charge on any atom is 0.280 e. The van der Waals surface area contributed by atoms with E-state index >= 15 is 0 Å². The molecule has 0 aliphatic rings. The topological polar surface area (TPSA) is 68.4 Å². The number of rotatable bonds is 4. The maximum atomic E-state index is 12.4. The summed E-state index contributed by atoms with van der Waals surface area (Å²) in [5, 5.41) is 8.98. The van der Waals surface area contributed by atoms with E-state index in [4.69, 9.17) is 15.6 Å². The highest BCUT2D eigenvalue weighted by Crippen LogP contribution is 2.27. The zero-order valence-corrected chi connectivity index (χ0v) is 8.20. The van der Waals surface area contributed by atoms with Crippen LogP contribution < -0.4 is 10.5 Å². The molecule has 1 rings (SSSR count). The third-order valence-corrected chi connectivity index (χ3v) is 1.93. The fourth-order valence-corrected chi connectivity index (χ4v) is 1.28. The lowest BCUT2D eigenvalue weighted by Crippen LogP contribution is -2.08. The molecule has 0 bridgehead atoms. The van der Waals surface area contributed by atoms with Gasteiger partial charge in [-0.05, 0) is 6.07 Å². The molecule has 0 saturated heterocycles. The van der Waals surface area contributed by atoms with Crippen LogP contribution in [0.4, 0.5) is 8.78 Å². The molecule has 0 aliphatic carbocycles. The van der Waals surface area contributed by atoms with E-state index in [0.717, 1.165) is 6.07 Å². The van der Waals surface area contributed by atoms with Crippen LogP contribution in [0.5, 0.6) is 5.75 Å². The van der Waals surface area contributed by atoms with Gasteiger partial charge in [0.1, 0.15) is 11.4 Å². The Morgan fingerprint density at radius 2 is 2.27 bits per heavy atom. The van der Waals surface area contributed by atoms with Gasteiger partial charge in [0.2, 0.25) is 0 Å².